The van der Waals surface area contributed by atoms with E-state index >= 15 is 0 Å². The van der Waals surface area contributed by atoms with Crippen LogP contribution < -0.4 is 0 Å². The quantitative estimate of drug-likeness (QED) is 0.657. The molecule has 1 saturated carbocycles. The normalized spacial score (nSPS) is 20.0. The first-order chi connectivity index (χ1) is 14.4. The van der Waals surface area contributed by atoms with Crippen molar-refractivity contribution in [1.82, 2.24) is 9.80 Å². The number of rotatable bonds is 5. The largest absolute Gasteiger partial charge is 0.338 e. The van der Waals surface area contributed by atoms with Crippen LogP contribution in [0.3, 0.4) is 0 Å². The lowest BCUT2D eigenvalue weighted by Gasteiger charge is -2.37. The van der Waals surface area contributed by atoms with E-state index in [1.165, 1.54) is 0 Å². The molecular formula is C25H29ClN2O2. The molecular weight excluding hydrogens is 396 g/mol. The highest BCUT2D eigenvalue weighted by atomic mass is 35.5. The maximum Gasteiger partial charge on any atom is 0.253 e. The molecule has 1 saturated heterocycles. The molecule has 0 aromatic heterocycles. The summed E-state index contributed by atoms with van der Waals surface area (Å²) in [4.78, 5) is 30.5. The second kappa shape index (κ2) is 8.81. The van der Waals surface area contributed by atoms with Gasteiger partial charge in [-0.25, -0.2) is 0 Å². The molecule has 5 heteroatoms. The second-order valence-corrected chi connectivity index (χ2v) is 9.10. The Bertz CT molecular complexity index is 906. The van der Waals surface area contributed by atoms with Crippen molar-refractivity contribution in [3.63, 3.8) is 0 Å². The zero-order chi connectivity index (χ0) is 21.3. The van der Waals surface area contributed by atoms with E-state index in [4.69, 9.17) is 11.6 Å². The molecule has 1 aliphatic carbocycles. The molecule has 4 nitrogen and oxygen atoms in total. The van der Waals surface area contributed by atoms with Crippen molar-refractivity contribution >= 4 is 23.4 Å². The van der Waals surface area contributed by atoms with Gasteiger partial charge in [-0.15, -0.1) is 0 Å². The summed E-state index contributed by atoms with van der Waals surface area (Å²) in [6.07, 6.45) is 3.82. The Morgan fingerprint density at radius 2 is 1.70 bits per heavy atom. The summed E-state index contributed by atoms with van der Waals surface area (Å²) in [6, 6.07) is 15.8. The van der Waals surface area contributed by atoms with E-state index in [2.05, 4.69) is 11.8 Å². The van der Waals surface area contributed by atoms with Crippen LogP contribution in [0.4, 0.5) is 0 Å². The summed E-state index contributed by atoms with van der Waals surface area (Å²) in [5.41, 5.74) is 2.93. The monoisotopic (exact) mass is 424 g/mol. The highest BCUT2D eigenvalue weighted by Crippen LogP contribution is 2.37. The van der Waals surface area contributed by atoms with Crippen LogP contribution in [0, 0.1) is 12.8 Å². The Morgan fingerprint density at radius 3 is 2.33 bits per heavy atom. The molecule has 2 unspecified atom stereocenters. The maximum absolute atomic E-state index is 13.6. The van der Waals surface area contributed by atoms with Gasteiger partial charge in [0.1, 0.15) is 0 Å². The molecule has 0 N–H and O–H groups in total. The van der Waals surface area contributed by atoms with E-state index < -0.39 is 0 Å². The fourth-order valence-electron chi connectivity index (χ4n) is 4.39. The summed E-state index contributed by atoms with van der Waals surface area (Å²) >= 11 is 6.04. The molecule has 2 atom stereocenters. The van der Waals surface area contributed by atoms with Crippen LogP contribution in [-0.2, 0) is 4.79 Å². The zero-order valence-electron chi connectivity index (χ0n) is 17.7. The van der Waals surface area contributed by atoms with Gasteiger partial charge in [-0.1, -0.05) is 41.4 Å². The fourth-order valence-corrected chi connectivity index (χ4v) is 4.52. The van der Waals surface area contributed by atoms with Crippen molar-refractivity contribution in [1.29, 1.82) is 0 Å². The van der Waals surface area contributed by atoms with Crippen molar-refractivity contribution in [2.24, 2.45) is 5.92 Å². The minimum absolute atomic E-state index is 0.00504. The van der Waals surface area contributed by atoms with E-state index in [1.807, 2.05) is 60.4 Å². The van der Waals surface area contributed by atoms with Crippen molar-refractivity contribution in [3.8, 4) is 0 Å². The molecule has 2 aliphatic rings. The third-order valence-corrected chi connectivity index (χ3v) is 6.57. The lowest BCUT2D eigenvalue weighted by Crippen LogP contribution is -2.48. The lowest BCUT2D eigenvalue weighted by atomic mass is 9.94. The van der Waals surface area contributed by atoms with Crippen molar-refractivity contribution in [2.75, 3.05) is 13.1 Å². The standard InChI is InChI=1S/C25H29ClN2O2/c1-17-5-7-20(8-6-17)24(29)27-15-3-4-21(16-27)25(30)28(23-13-14-23)18(2)19-9-11-22(26)12-10-19/h5-12,18,21,23H,3-4,13-16H2,1-2H3. The number of aryl methyl sites for hydroxylation is 1. The zero-order valence-corrected chi connectivity index (χ0v) is 18.4. The number of piperidine rings is 1. The Kier molecular flexibility index (Phi) is 6.14. The SMILES string of the molecule is Cc1ccc(C(=O)N2CCCC(C(=O)N(C3CC3)C(C)c3ccc(Cl)cc3)C2)cc1. The molecule has 0 spiro atoms. The molecule has 1 aliphatic heterocycles. The van der Waals surface area contributed by atoms with Gasteiger partial charge in [-0.05, 0) is 69.4 Å². The molecule has 0 bridgehead atoms. The second-order valence-electron chi connectivity index (χ2n) is 8.66. The Morgan fingerprint density at radius 1 is 1.03 bits per heavy atom. The van der Waals surface area contributed by atoms with Crippen LogP contribution in [0.15, 0.2) is 48.5 Å². The van der Waals surface area contributed by atoms with Crippen LogP contribution in [0.25, 0.3) is 0 Å². The molecule has 158 valence electrons. The van der Waals surface area contributed by atoms with E-state index in [0.29, 0.717) is 29.7 Å². The van der Waals surface area contributed by atoms with Gasteiger partial charge in [0.15, 0.2) is 0 Å². The number of hydrogen-bond acceptors (Lipinski definition) is 2. The molecule has 2 aromatic carbocycles. The van der Waals surface area contributed by atoms with E-state index in [1.54, 1.807) is 0 Å². The van der Waals surface area contributed by atoms with E-state index in [-0.39, 0.29) is 23.8 Å². The number of halogens is 1. The lowest BCUT2D eigenvalue weighted by molar-refractivity contribution is -0.140. The molecule has 2 amide bonds. The third-order valence-electron chi connectivity index (χ3n) is 6.32. The van der Waals surface area contributed by atoms with Gasteiger partial charge < -0.3 is 9.80 Å². The van der Waals surface area contributed by atoms with Crippen LogP contribution in [0.2, 0.25) is 5.02 Å². The van der Waals surface area contributed by atoms with Crippen LogP contribution in [-0.4, -0.2) is 40.7 Å². The fraction of sp³-hybridized carbons (Fsp3) is 0.440. The number of carbonyl (C=O) groups is 2. The van der Waals surface area contributed by atoms with Crippen LogP contribution >= 0.6 is 11.6 Å². The number of nitrogens with zero attached hydrogens (tertiary/aromatic N) is 2. The van der Waals surface area contributed by atoms with Crippen LogP contribution in [0.5, 0.6) is 0 Å². The molecule has 2 aromatic rings. The summed E-state index contributed by atoms with van der Waals surface area (Å²) in [6.45, 7) is 5.32. The Balaban J connectivity index is 1.48. The first-order valence-corrected chi connectivity index (χ1v) is 11.3. The number of benzene rings is 2. The van der Waals surface area contributed by atoms with Crippen molar-refractivity contribution < 1.29 is 9.59 Å². The molecule has 4 rings (SSSR count). The number of likely N-dealkylation sites (tertiary alicyclic amines) is 1. The summed E-state index contributed by atoms with van der Waals surface area (Å²) in [5.74, 6) is 0.0704. The number of carbonyl (C=O) groups excluding carboxylic acids is 2. The van der Waals surface area contributed by atoms with Crippen molar-refractivity contribution in [3.05, 3.63) is 70.2 Å². The van der Waals surface area contributed by atoms with Gasteiger partial charge in [0.05, 0.1) is 12.0 Å². The minimum Gasteiger partial charge on any atom is -0.338 e. The predicted molar refractivity (Wildman–Crippen MR) is 120 cm³/mol. The van der Waals surface area contributed by atoms with E-state index in [9.17, 15) is 9.59 Å². The molecule has 0 radical (unpaired) electrons. The van der Waals surface area contributed by atoms with Gasteiger partial charge in [0.2, 0.25) is 5.91 Å². The molecule has 30 heavy (non-hydrogen) atoms. The predicted octanol–water partition coefficient (Wildman–Crippen LogP) is 5.25. The Hall–Kier alpha value is -2.33. The third kappa shape index (κ3) is 4.54. The molecule has 1 heterocycles. The number of amides is 2. The maximum atomic E-state index is 13.6. The Labute approximate surface area is 183 Å². The average Bonchev–Trinajstić information content (AvgIpc) is 3.59. The summed E-state index contributed by atoms with van der Waals surface area (Å²) < 4.78 is 0. The van der Waals surface area contributed by atoms with Gasteiger partial charge >= 0.3 is 0 Å². The summed E-state index contributed by atoms with van der Waals surface area (Å²) in [5, 5.41) is 0.702. The van der Waals surface area contributed by atoms with Gasteiger partial charge in [-0.3, -0.25) is 9.59 Å². The topological polar surface area (TPSA) is 40.6 Å². The average molecular weight is 425 g/mol. The number of hydrogen-bond donors (Lipinski definition) is 0. The van der Waals surface area contributed by atoms with E-state index in [0.717, 1.165) is 36.8 Å². The minimum atomic E-state index is -0.136. The highest BCUT2D eigenvalue weighted by molar-refractivity contribution is 6.30. The summed E-state index contributed by atoms with van der Waals surface area (Å²) in [7, 11) is 0. The highest BCUT2D eigenvalue weighted by Gasteiger charge is 2.40. The van der Waals surface area contributed by atoms with Crippen LogP contribution in [0.1, 0.15) is 60.1 Å². The van der Waals surface area contributed by atoms with Crippen molar-refractivity contribution in [2.45, 2.75) is 51.6 Å². The smallest absolute Gasteiger partial charge is 0.253 e. The molecule has 2 fully saturated rings. The van der Waals surface area contributed by atoms with Gasteiger partial charge in [-0.2, -0.15) is 0 Å². The first kappa shape index (κ1) is 20.9. The van der Waals surface area contributed by atoms with Gasteiger partial charge in [0, 0.05) is 29.7 Å². The first-order valence-electron chi connectivity index (χ1n) is 10.9. The van der Waals surface area contributed by atoms with Gasteiger partial charge in [0.25, 0.3) is 5.91 Å².